The lowest BCUT2D eigenvalue weighted by molar-refractivity contribution is 0.0948. The van der Waals surface area contributed by atoms with Crippen LogP contribution in [0.15, 0.2) is 12.4 Å². The van der Waals surface area contributed by atoms with Gasteiger partial charge >= 0.3 is 0 Å². The van der Waals surface area contributed by atoms with Crippen molar-refractivity contribution < 1.29 is 4.79 Å². The van der Waals surface area contributed by atoms with Gasteiger partial charge in [-0.3, -0.25) is 4.79 Å². The fourth-order valence-corrected chi connectivity index (χ4v) is 1.22. The molecule has 0 spiro atoms. The largest absolute Gasteiger partial charge is 0.364 e. The first-order chi connectivity index (χ1) is 7.92. The van der Waals surface area contributed by atoms with Crippen molar-refractivity contribution in [2.24, 2.45) is 0 Å². The molecule has 94 valence electrons. The van der Waals surface area contributed by atoms with Gasteiger partial charge in [-0.25, -0.2) is 9.97 Å². The summed E-state index contributed by atoms with van der Waals surface area (Å²) in [5, 5.41) is 5.94. The lowest BCUT2D eigenvalue weighted by Crippen LogP contribution is -2.28. The molecule has 0 fully saturated rings. The third-order valence-corrected chi connectivity index (χ3v) is 1.92. The molecule has 0 saturated heterocycles. The zero-order chi connectivity index (χ0) is 12.9. The van der Waals surface area contributed by atoms with Gasteiger partial charge in [0.1, 0.15) is 11.5 Å². The normalized spacial score (nSPS) is 11.1. The minimum absolute atomic E-state index is 0.0688. The average molecular weight is 236 g/mol. The highest BCUT2D eigenvalue weighted by molar-refractivity contribution is 5.91. The molecule has 0 saturated carbocycles. The Morgan fingerprint density at radius 1 is 1.29 bits per heavy atom. The number of nitrogens with zero attached hydrogens (tertiary/aromatic N) is 2. The lowest BCUT2D eigenvalue weighted by atomic mass is 10.1. The van der Waals surface area contributed by atoms with Crippen LogP contribution in [-0.4, -0.2) is 28.0 Å². The van der Waals surface area contributed by atoms with Crippen LogP contribution in [0.25, 0.3) is 0 Å². The molecule has 17 heavy (non-hydrogen) atoms. The van der Waals surface area contributed by atoms with E-state index in [4.69, 9.17) is 0 Å². The van der Waals surface area contributed by atoms with E-state index in [1.165, 1.54) is 6.20 Å². The molecule has 1 aromatic rings. The van der Waals surface area contributed by atoms with Gasteiger partial charge < -0.3 is 10.6 Å². The molecule has 2 N–H and O–H groups in total. The maximum atomic E-state index is 11.6. The minimum Gasteiger partial charge on any atom is -0.364 e. The average Bonchev–Trinajstić information content (AvgIpc) is 2.24. The number of hydrogen-bond acceptors (Lipinski definition) is 4. The highest BCUT2D eigenvalue weighted by Gasteiger charge is 2.11. The molecular formula is C12H20N4O. The number of aromatic nitrogens is 2. The quantitative estimate of drug-likeness (QED) is 0.837. The van der Waals surface area contributed by atoms with E-state index in [1.807, 2.05) is 27.7 Å². The van der Waals surface area contributed by atoms with Gasteiger partial charge in [0.05, 0.1) is 12.4 Å². The summed E-state index contributed by atoms with van der Waals surface area (Å²) in [5.74, 6) is 0.492. The maximum absolute atomic E-state index is 11.6. The maximum Gasteiger partial charge on any atom is 0.271 e. The lowest BCUT2D eigenvalue weighted by Gasteiger charge is -2.20. The molecule has 0 aliphatic carbocycles. The highest BCUT2D eigenvalue weighted by Crippen LogP contribution is 2.10. The molecule has 0 aromatic carbocycles. The monoisotopic (exact) mass is 236 g/mol. The zero-order valence-electron chi connectivity index (χ0n) is 10.9. The Balaban J connectivity index is 2.64. The third kappa shape index (κ3) is 4.80. The minimum atomic E-state index is -0.179. The van der Waals surface area contributed by atoms with E-state index in [-0.39, 0.29) is 11.4 Å². The molecule has 1 rings (SSSR count). The second kappa shape index (κ2) is 5.61. The van der Waals surface area contributed by atoms with Gasteiger partial charge in [0.25, 0.3) is 5.91 Å². The van der Waals surface area contributed by atoms with Gasteiger partial charge in [0.2, 0.25) is 0 Å². The van der Waals surface area contributed by atoms with Crippen molar-refractivity contribution in [1.29, 1.82) is 0 Å². The summed E-state index contributed by atoms with van der Waals surface area (Å²) in [7, 11) is 0. The number of anilines is 1. The number of amides is 1. The molecule has 0 aliphatic rings. The molecule has 1 aromatic heterocycles. The summed E-state index contributed by atoms with van der Waals surface area (Å²) in [6, 6.07) is 0. The Kier molecular flexibility index (Phi) is 4.43. The van der Waals surface area contributed by atoms with Crippen molar-refractivity contribution in [1.82, 2.24) is 15.3 Å². The van der Waals surface area contributed by atoms with Crippen LogP contribution in [0.4, 0.5) is 5.82 Å². The van der Waals surface area contributed by atoms with E-state index in [9.17, 15) is 4.79 Å². The molecular weight excluding hydrogens is 216 g/mol. The topological polar surface area (TPSA) is 66.9 Å². The first-order valence-corrected chi connectivity index (χ1v) is 5.81. The Morgan fingerprint density at radius 2 is 2.00 bits per heavy atom. The fraction of sp³-hybridized carbons (Fsp3) is 0.583. The molecule has 5 heteroatoms. The molecule has 0 radical (unpaired) electrons. The fourth-order valence-electron chi connectivity index (χ4n) is 1.22. The summed E-state index contributed by atoms with van der Waals surface area (Å²) < 4.78 is 0. The summed E-state index contributed by atoms with van der Waals surface area (Å²) in [6.07, 6.45) is 3.97. The van der Waals surface area contributed by atoms with E-state index in [2.05, 4.69) is 20.6 Å². The van der Waals surface area contributed by atoms with E-state index < -0.39 is 0 Å². The predicted molar refractivity (Wildman–Crippen MR) is 68.0 cm³/mol. The number of carbonyl (C=O) groups is 1. The summed E-state index contributed by atoms with van der Waals surface area (Å²) in [4.78, 5) is 19.8. The molecule has 0 bridgehead atoms. The standard InChI is InChI=1S/C12H20N4O/c1-5-6-13-11(17)9-7-15-10(8-14-9)16-12(2,3)4/h7-8H,5-6H2,1-4H3,(H,13,17)(H,15,16). The van der Waals surface area contributed by atoms with Gasteiger partial charge in [-0.1, -0.05) is 6.92 Å². The first-order valence-electron chi connectivity index (χ1n) is 5.81. The van der Waals surface area contributed by atoms with Gasteiger partial charge in [0.15, 0.2) is 0 Å². The highest BCUT2D eigenvalue weighted by atomic mass is 16.1. The molecule has 1 amide bonds. The Morgan fingerprint density at radius 3 is 2.47 bits per heavy atom. The van der Waals surface area contributed by atoms with Crippen molar-refractivity contribution in [3.63, 3.8) is 0 Å². The van der Waals surface area contributed by atoms with Gasteiger partial charge in [-0.2, -0.15) is 0 Å². The number of carbonyl (C=O) groups excluding carboxylic acids is 1. The van der Waals surface area contributed by atoms with Crippen LogP contribution in [0.5, 0.6) is 0 Å². The van der Waals surface area contributed by atoms with Crippen molar-refractivity contribution >= 4 is 11.7 Å². The van der Waals surface area contributed by atoms with Crippen LogP contribution < -0.4 is 10.6 Å². The molecule has 1 heterocycles. The van der Waals surface area contributed by atoms with Gasteiger partial charge in [0, 0.05) is 12.1 Å². The van der Waals surface area contributed by atoms with E-state index in [1.54, 1.807) is 6.20 Å². The number of rotatable bonds is 4. The molecule has 0 atom stereocenters. The van der Waals surface area contributed by atoms with Crippen LogP contribution in [0.1, 0.15) is 44.6 Å². The van der Waals surface area contributed by atoms with E-state index in [0.29, 0.717) is 18.1 Å². The second-order valence-corrected chi connectivity index (χ2v) is 4.92. The smallest absolute Gasteiger partial charge is 0.271 e. The number of nitrogens with one attached hydrogen (secondary N) is 2. The van der Waals surface area contributed by atoms with E-state index in [0.717, 1.165) is 6.42 Å². The van der Waals surface area contributed by atoms with Crippen LogP contribution >= 0.6 is 0 Å². The Hall–Kier alpha value is -1.65. The SMILES string of the molecule is CCCNC(=O)c1cnc(NC(C)(C)C)cn1. The molecule has 0 unspecified atom stereocenters. The molecule has 0 aliphatic heterocycles. The van der Waals surface area contributed by atoms with Crippen molar-refractivity contribution in [2.75, 3.05) is 11.9 Å². The van der Waals surface area contributed by atoms with Crippen LogP contribution in [0.3, 0.4) is 0 Å². The molecule has 5 nitrogen and oxygen atoms in total. The summed E-state index contributed by atoms with van der Waals surface area (Å²) >= 11 is 0. The van der Waals surface area contributed by atoms with Crippen molar-refractivity contribution in [3.05, 3.63) is 18.1 Å². The van der Waals surface area contributed by atoms with Gasteiger partial charge in [-0.05, 0) is 27.2 Å². The summed E-state index contributed by atoms with van der Waals surface area (Å²) in [5.41, 5.74) is 0.277. The van der Waals surface area contributed by atoms with Crippen molar-refractivity contribution in [3.8, 4) is 0 Å². The summed E-state index contributed by atoms with van der Waals surface area (Å²) in [6.45, 7) is 8.77. The number of hydrogen-bond donors (Lipinski definition) is 2. The third-order valence-electron chi connectivity index (χ3n) is 1.92. The van der Waals surface area contributed by atoms with Crippen molar-refractivity contribution in [2.45, 2.75) is 39.7 Å². The Labute approximate surface area is 102 Å². The first kappa shape index (κ1) is 13.4. The van der Waals surface area contributed by atoms with Gasteiger partial charge in [-0.15, -0.1) is 0 Å². The second-order valence-electron chi connectivity index (χ2n) is 4.92. The predicted octanol–water partition coefficient (Wildman–Crippen LogP) is 1.83. The Bertz CT molecular complexity index is 367. The zero-order valence-corrected chi connectivity index (χ0v) is 10.9. The van der Waals surface area contributed by atoms with E-state index >= 15 is 0 Å². The van der Waals surface area contributed by atoms with Crippen LogP contribution in [0.2, 0.25) is 0 Å². The van der Waals surface area contributed by atoms with Crippen LogP contribution in [0, 0.1) is 0 Å². The van der Waals surface area contributed by atoms with Crippen LogP contribution in [-0.2, 0) is 0 Å².